The minimum atomic E-state index is -0.0310. The number of ether oxygens (including phenoxy) is 1. The third kappa shape index (κ3) is 4.12. The zero-order valence-electron chi connectivity index (χ0n) is 11.8. The second kappa shape index (κ2) is 6.75. The smallest absolute Gasteiger partial charge is 0.223 e. The highest BCUT2D eigenvalue weighted by atomic mass is 16.5. The van der Waals surface area contributed by atoms with Gasteiger partial charge in [-0.25, -0.2) is 0 Å². The number of hydrogen-bond donors (Lipinski definition) is 2. The number of aromatic amines is 1. The van der Waals surface area contributed by atoms with Gasteiger partial charge in [0.15, 0.2) is 0 Å². The number of carbonyl (C=O) groups excluding carboxylic acids is 1. The van der Waals surface area contributed by atoms with Gasteiger partial charge in [0.05, 0.1) is 19.2 Å². The van der Waals surface area contributed by atoms with E-state index in [1.165, 1.54) is 0 Å². The van der Waals surface area contributed by atoms with Crippen LogP contribution < -0.4 is 10.1 Å². The van der Waals surface area contributed by atoms with E-state index >= 15 is 0 Å². The number of aryl methyl sites for hydroxylation is 2. The van der Waals surface area contributed by atoms with E-state index in [9.17, 15) is 4.79 Å². The van der Waals surface area contributed by atoms with Crippen molar-refractivity contribution in [2.24, 2.45) is 0 Å². The summed E-state index contributed by atoms with van der Waals surface area (Å²) < 4.78 is 5.65. The van der Waals surface area contributed by atoms with Gasteiger partial charge < -0.3 is 10.1 Å². The van der Waals surface area contributed by atoms with Crippen LogP contribution >= 0.6 is 0 Å². The number of H-pyrrole nitrogens is 1. The van der Waals surface area contributed by atoms with E-state index in [1.807, 2.05) is 32.0 Å². The molecule has 0 aliphatic carbocycles. The van der Waals surface area contributed by atoms with Gasteiger partial charge in [0.25, 0.3) is 0 Å². The SMILES string of the molecule is Cc1ccc(C)c(OCCC(=O)NCc2cn[nH]c2)c1. The first-order valence-electron chi connectivity index (χ1n) is 6.59. The Hall–Kier alpha value is -2.30. The first kappa shape index (κ1) is 14.1. The molecule has 5 nitrogen and oxygen atoms in total. The van der Waals surface area contributed by atoms with Crippen molar-refractivity contribution < 1.29 is 9.53 Å². The van der Waals surface area contributed by atoms with Gasteiger partial charge in [0.1, 0.15) is 5.75 Å². The number of amides is 1. The van der Waals surface area contributed by atoms with Crippen LogP contribution in [-0.4, -0.2) is 22.7 Å². The number of hydrogen-bond acceptors (Lipinski definition) is 3. The lowest BCUT2D eigenvalue weighted by Gasteiger charge is -2.10. The third-order valence-corrected chi connectivity index (χ3v) is 2.97. The molecule has 0 aliphatic rings. The summed E-state index contributed by atoms with van der Waals surface area (Å²) in [5.41, 5.74) is 3.18. The number of benzene rings is 1. The lowest BCUT2D eigenvalue weighted by Crippen LogP contribution is -2.24. The van der Waals surface area contributed by atoms with Crippen LogP contribution in [0.25, 0.3) is 0 Å². The average Bonchev–Trinajstić information content (AvgIpc) is 2.93. The monoisotopic (exact) mass is 273 g/mol. The van der Waals surface area contributed by atoms with Gasteiger partial charge in [-0.3, -0.25) is 9.89 Å². The molecule has 20 heavy (non-hydrogen) atoms. The molecule has 5 heteroatoms. The van der Waals surface area contributed by atoms with Gasteiger partial charge in [-0.15, -0.1) is 0 Å². The van der Waals surface area contributed by atoms with Crippen molar-refractivity contribution in [3.05, 3.63) is 47.3 Å². The van der Waals surface area contributed by atoms with Crippen molar-refractivity contribution in [1.29, 1.82) is 0 Å². The van der Waals surface area contributed by atoms with Crippen LogP contribution in [0.2, 0.25) is 0 Å². The van der Waals surface area contributed by atoms with E-state index in [1.54, 1.807) is 12.4 Å². The standard InChI is InChI=1S/C15H19N3O2/c1-11-3-4-12(2)14(7-11)20-6-5-15(19)16-8-13-9-17-18-10-13/h3-4,7,9-10H,5-6,8H2,1-2H3,(H,16,19)(H,17,18). The summed E-state index contributed by atoms with van der Waals surface area (Å²) in [6.45, 7) is 4.87. The van der Waals surface area contributed by atoms with Gasteiger partial charge in [0.2, 0.25) is 5.91 Å². The lowest BCUT2D eigenvalue weighted by atomic mass is 10.1. The van der Waals surface area contributed by atoms with E-state index in [0.29, 0.717) is 19.6 Å². The second-order valence-corrected chi connectivity index (χ2v) is 4.75. The summed E-state index contributed by atoms with van der Waals surface area (Å²) in [6, 6.07) is 6.04. The lowest BCUT2D eigenvalue weighted by molar-refractivity contribution is -0.121. The van der Waals surface area contributed by atoms with Crippen LogP contribution in [0.4, 0.5) is 0 Å². The molecule has 1 heterocycles. The Labute approximate surface area is 118 Å². The van der Waals surface area contributed by atoms with E-state index in [4.69, 9.17) is 4.74 Å². The summed E-state index contributed by atoms with van der Waals surface area (Å²) in [5.74, 6) is 0.809. The summed E-state index contributed by atoms with van der Waals surface area (Å²) in [7, 11) is 0. The first-order valence-corrected chi connectivity index (χ1v) is 6.59. The highest BCUT2D eigenvalue weighted by Crippen LogP contribution is 2.19. The molecular formula is C15H19N3O2. The fourth-order valence-electron chi connectivity index (χ4n) is 1.78. The van der Waals surface area contributed by atoms with Gasteiger partial charge in [-0.1, -0.05) is 12.1 Å². The maximum Gasteiger partial charge on any atom is 0.223 e. The molecule has 106 valence electrons. The highest BCUT2D eigenvalue weighted by molar-refractivity contribution is 5.75. The van der Waals surface area contributed by atoms with Crippen molar-refractivity contribution >= 4 is 5.91 Å². The Balaban J connectivity index is 1.72. The molecule has 1 amide bonds. The molecule has 0 bridgehead atoms. The fourth-order valence-corrected chi connectivity index (χ4v) is 1.78. The quantitative estimate of drug-likeness (QED) is 0.847. The Bertz CT molecular complexity index is 565. The number of carbonyl (C=O) groups is 1. The normalized spacial score (nSPS) is 10.3. The molecule has 2 rings (SSSR count). The maximum atomic E-state index is 11.7. The van der Waals surface area contributed by atoms with Gasteiger partial charge >= 0.3 is 0 Å². The number of nitrogens with zero attached hydrogens (tertiary/aromatic N) is 1. The molecule has 2 N–H and O–H groups in total. The van der Waals surface area contributed by atoms with Gasteiger partial charge in [-0.2, -0.15) is 5.10 Å². The van der Waals surface area contributed by atoms with Crippen molar-refractivity contribution in [1.82, 2.24) is 15.5 Å². The first-order chi connectivity index (χ1) is 9.65. The minimum absolute atomic E-state index is 0.0310. The number of nitrogens with one attached hydrogen (secondary N) is 2. The van der Waals surface area contributed by atoms with Crippen LogP contribution in [0, 0.1) is 13.8 Å². The molecule has 0 atom stereocenters. The number of rotatable bonds is 6. The average molecular weight is 273 g/mol. The summed E-state index contributed by atoms with van der Waals surface area (Å²) >= 11 is 0. The molecule has 0 saturated heterocycles. The van der Waals surface area contributed by atoms with E-state index < -0.39 is 0 Å². The fraction of sp³-hybridized carbons (Fsp3) is 0.333. The van der Waals surface area contributed by atoms with Crippen LogP contribution in [0.5, 0.6) is 5.75 Å². The molecule has 2 aromatic rings. The molecule has 0 aliphatic heterocycles. The zero-order chi connectivity index (χ0) is 14.4. The summed E-state index contributed by atoms with van der Waals surface area (Å²) in [6.07, 6.45) is 3.78. The summed E-state index contributed by atoms with van der Waals surface area (Å²) in [5, 5.41) is 9.34. The largest absolute Gasteiger partial charge is 0.493 e. The zero-order valence-corrected chi connectivity index (χ0v) is 11.8. The van der Waals surface area contributed by atoms with Gasteiger partial charge in [-0.05, 0) is 31.0 Å². The maximum absolute atomic E-state index is 11.7. The molecule has 0 spiro atoms. The minimum Gasteiger partial charge on any atom is -0.493 e. The van der Waals surface area contributed by atoms with Crippen molar-refractivity contribution in [3.8, 4) is 5.75 Å². The van der Waals surface area contributed by atoms with Gasteiger partial charge in [0, 0.05) is 18.3 Å². The molecule has 0 radical (unpaired) electrons. The topological polar surface area (TPSA) is 67.0 Å². The predicted octanol–water partition coefficient (Wildman–Crippen LogP) is 2.11. The van der Waals surface area contributed by atoms with E-state index in [-0.39, 0.29) is 5.91 Å². The van der Waals surface area contributed by atoms with E-state index in [0.717, 1.165) is 22.4 Å². The second-order valence-electron chi connectivity index (χ2n) is 4.75. The Morgan fingerprint density at radius 1 is 1.40 bits per heavy atom. The highest BCUT2D eigenvalue weighted by Gasteiger charge is 2.04. The van der Waals surface area contributed by atoms with Crippen LogP contribution in [0.1, 0.15) is 23.1 Å². The molecule has 0 unspecified atom stereocenters. The van der Waals surface area contributed by atoms with Crippen molar-refractivity contribution in [2.75, 3.05) is 6.61 Å². The Kier molecular flexibility index (Phi) is 4.76. The van der Waals surface area contributed by atoms with Crippen molar-refractivity contribution in [3.63, 3.8) is 0 Å². The molecular weight excluding hydrogens is 254 g/mol. The molecule has 0 saturated carbocycles. The van der Waals surface area contributed by atoms with E-state index in [2.05, 4.69) is 15.5 Å². The Morgan fingerprint density at radius 3 is 3.00 bits per heavy atom. The summed E-state index contributed by atoms with van der Waals surface area (Å²) in [4.78, 5) is 11.7. The van der Waals surface area contributed by atoms with Crippen LogP contribution in [0.15, 0.2) is 30.6 Å². The third-order valence-electron chi connectivity index (χ3n) is 2.97. The van der Waals surface area contributed by atoms with Crippen LogP contribution in [-0.2, 0) is 11.3 Å². The number of aromatic nitrogens is 2. The molecule has 1 aromatic heterocycles. The Morgan fingerprint density at radius 2 is 2.25 bits per heavy atom. The molecule has 1 aromatic carbocycles. The van der Waals surface area contributed by atoms with Crippen molar-refractivity contribution in [2.45, 2.75) is 26.8 Å². The predicted molar refractivity (Wildman–Crippen MR) is 76.5 cm³/mol. The molecule has 0 fully saturated rings. The van der Waals surface area contributed by atoms with Crippen LogP contribution in [0.3, 0.4) is 0 Å².